The molecule has 100 valence electrons. The first-order valence-electron chi connectivity index (χ1n) is 6.24. The largest absolute Gasteiger partial charge is 0.457 e. The van der Waals surface area contributed by atoms with Gasteiger partial charge >= 0.3 is 0 Å². The van der Waals surface area contributed by atoms with E-state index in [1.165, 1.54) is 38.4 Å². The third kappa shape index (κ3) is 3.18. The van der Waals surface area contributed by atoms with Crippen LogP contribution in [0.15, 0.2) is 21.4 Å². The van der Waals surface area contributed by atoms with E-state index in [2.05, 4.69) is 37.2 Å². The first-order valence-corrected chi connectivity index (χ1v) is 8.15. The number of rotatable bonds is 4. The number of carbonyl (C=O) groups is 1. The lowest BCUT2D eigenvalue weighted by Crippen LogP contribution is -2.40. The van der Waals surface area contributed by atoms with Crippen molar-refractivity contribution in [2.75, 3.05) is 11.9 Å². The van der Waals surface area contributed by atoms with Gasteiger partial charge in [-0.3, -0.25) is 4.79 Å². The Balaban J connectivity index is 1.94. The number of amides is 1. The van der Waals surface area contributed by atoms with Crippen molar-refractivity contribution in [3.8, 4) is 0 Å². The zero-order valence-corrected chi connectivity index (χ0v) is 13.3. The molecule has 0 saturated heterocycles. The molecule has 5 heteroatoms. The van der Waals surface area contributed by atoms with Crippen molar-refractivity contribution >= 4 is 37.8 Å². The molecule has 0 unspecified atom stereocenters. The van der Waals surface area contributed by atoms with Crippen molar-refractivity contribution in [3.05, 3.63) is 22.6 Å². The number of nitrogens with one attached hydrogen (secondary N) is 1. The maximum atomic E-state index is 12.0. The summed E-state index contributed by atoms with van der Waals surface area (Å²) in [5.74, 6) is -0.0680. The summed E-state index contributed by atoms with van der Waals surface area (Å²) in [5, 5.41) is 3.98. The molecule has 0 aliphatic heterocycles. The summed E-state index contributed by atoms with van der Waals surface area (Å²) < 4.78 is 5.57. The van der Waals surface area contributed by atoms with E-state index < -0.39 is 0 Å². The van der Waals surface area contributed by atoms with Gasteiger partial charge in [-0.15, -0.1) is 0 Å². The third-order valence-electron chi connectivity index (χ3n) is 3.68. The number of hydrogen-bond acceptors (Lipinski definition) is 2. The van der Waals surface area contributed by atoms with Crippen molar-refractivity contribution in [1.29, 1.82) is 0 Å². The third-order valence-corrected chi connectivity index (χ3v) is 5.49. The van der Waals surface area contributed by atoms with Gasteiger partial charge in [0.15, 0.2) is 4.67 Å². The van der Waals surface area contributed by atoms with E-state index in [1.807, 2.05) is 0 Å². The second-order valence-corrected chi connectivity index (χ2v) is 6.27. The molecule has 1 saturated carbocycles. The molecule has 1 aromatic rings. The fraction of sp³-hybridized carbons (Fsp3) is 0.615. The van der Waals surface area contributed by atoms with Gasteiger partial charge in [-0.1, -0.05) is 35.2 Å². The zero-order chi connectivity index (χ0) is 13.0. The number of hydrogen-bond donors (Lipinski definition) is 1. The van der Waals surface area contributed by atoms with E-state index in [4.69, 9.17) is 4.42 Å². The van der Waals surface area contributed by atoms with E-state index in [-0.39, 0.29) is 11.3 Å². The highest BCUT2D eigenvalue weighted by Crippen LogP contribution is 2.37. The van der Waals surface area contributed by atoms with Crippen LogP contribution in [0.4, 0.5) is 0 Å². The fourth-order valence-electron chi connectivity index (χ4n) is 2.48. The Labute approximate surface area is 124 Å². The molecule has 0 bridgehead atoms. The Kier molecular flexibility index (Phi) is 4.90. The Morgan fingerprint density at radius 2 is 2.11 bits per heavy atom. The van der Waals surface area contributed by atoms with Crippen LogP contribution in [0.25, 0.3) is 0 Å². The highest BCUT2D eigenvalue weighted by molar-refractivity contribution is 9.10. The molecule has 0 atom stereocenters. The van der Waals surface area contributed by atoms with Crippen molar-refractivity contribution in [2.45, 2.75) is 32.1 Å². The minimum atomic E-state index is -0.0680. The van der Waals surface area contributed by atoms with Crippen molar-refractivity contribution < 1.29 is 9.21 Å². The van der Waals surface area contributed by atoms with Gasteiger partial charge in [0.1, 0.15) is 0 Å². The monoisotopic (exact) mass is 377 g/mol. The SMILES string of the molecule is O=C(NCC1(CBr)CCCCC1)c1ccoc1Br. The summed E-state index contributed by atoms with van der Waals surface area (Å²) in [7, 11) is 0. The molecular formula is C13H17Br2NO2. The summed E-state index contributed by atoms with van der Waals surface area (Å²) in [6, 6.07) is 1.68. The molecule has 1 N–H and O–H groups in total. The van der Waals surface area contributed by atoms with Gasteiger partial charge in [0, 0.05) is 11.9 Å². The van der Waals surface area contributed by atoms with Crippen LogP contribution in [0.1, 0.15) is 42.5 Å². The topological polar surface area (TPSA) is 42.2 Å². The normalized spacial score (nSPS) is 18.6. The van der Waals surface area contributed by atoms with E-state index >= 15 is 0 Å². The number of halogens is 2. The van der Waals surface area contributed by atoms with Gasteiger partial charge in [-0.05, 0) is 40.3 Å². The van der Waals surface area contributed by atoms with Crippen molar-refractivity contribution in [2.24, 2.45) is 5.41 Å². The number of carbonyl (C=O) groups excluding carboxylic acids is 1. The van der Waals surface area contributed by atoms with Crippen molar-refractivity contribution in [3.63, 3.8) is 0 Å². The highest BCUT2D eigenvalue weighted by Gasteiger charge is 2.31. The fourth-order valence-corrected chi connectivity index (χ4v) is 3.66. The molecule has 1 aromatic heterocycles. The van der Waals surface area contributed by atoms with E-state index in [0.717, 1.165) is 11.9 Å². The van der Waals surface area contributed by atoms with Gasteiger partial charge in [0.25, 0.3) is 5.91 Å². The van der Waals surface area contributed by atoms with Crippen LogP contribution in [0.2, 0.25) is 0 Å². The molecule has 2 rings (SSSR count). The van der Waals surface area contributed by atoms with Gasteiger partial charge in [-0.2, -0.15) is 0 Å². The number of furan rings is 1. The summed E-state index contributed by atoms with van der Waals surface area (Å²) >= 11 is 6.83. The predicted octanol–water partition coefficient (Wildman–Crippen LogP) is 4.12. The predicted molar refractivity (Wildman–Crippen MR) is 78.1 cm³/mol. The molecule has 3 nitrogen and oxygen atoms in total. The van der Waals surface area contributed by atoms with Crippen LogP contribution < -0.4 is 5.32 Å². The molecule has 0 radical (unpaired) electrons. The smallest absolute Gasteiger partial charge is 0.255 e. The lowest BCUT2D eigenvalue weighted by atomic mass is 9.75. The van der Waals surface area contributed by atoms with E-state index in [1.54, 1.807) is 6.07 Å². The molecule has 1 heterocycles. The lowest BCUT2D eigenvalue weighted by Gasteiger charge is -2.35. The average molecular weight is 379 g/mol. The summed E-state index contributed by atoms with van der Waals surface area (Å²) in [6.07, 6.45) is 7.72. The summed E-state index contributed by atoms with van der Waals surface area (Å²) in [4.78, 5) is 12.0. The Morgan fingerprint density at radius 1 is 1.39 bits per heavy atom. The average Bonchev–Trinajstić information content (AvgIpc) is 2.83. The van der Waals surface area contributed by atoms with Crippen LogP contribution >= 0.6 is 31.9 Å². The van der Waals surface area contributed by atoms with Gasteiger partial charge in [0.2, 0.25) is 0 Å². The van der Waals surface area contributed by atoms with Gasteiger partial charge in [0.05, 0.1) is 11.8 Å². The Hall–Kier alpha value is -0.290. The Bertz CT molecular complexity index is 411. The molecule has 0 aromatic carbocycles. The Morgan fingerprint density at radius 3 is 2.67 bits per heavy atom. The summed E-state index contributed by atoms with van der Waals surface area (Å²) in [6.45, 7) is 0.731. The van der Waals surface area contributed by atoms with Gasteiger partial charge < -0.3 is 9.73 Å². The van der Waals surface area contributed by atoms with Gasteiger partial charge in [-0.25, -0.2) is 0 Å². The maximum absolute atomic E-state index is 12.0. The second-order valence-electron chi connectivity index (χ2n) is 4.98. The second kappa shape index (κ2) is 6.24. The van der Waals surface area contributed by atoms with Crippen LogP contribution in [0.3, 0.4) is 0 Å². The minimum Gasteiger partial charge on any atom is -0.457 e. The molecule has 1 aliphatic rings. The standard InChI is InChI=1S/C13H17Br2NO2/c14-8-13(5-2-1-3-6-13)9-16-12(17)10-4-7-18-11(10)15/h4,7H,1-3,5-6,8-9H2,(H,16,17). The maximum Gasteiger partial charge on any atom is 0.255 e. The first-order chi connectivity index (χ1) is 8.67. The molecule has 18 heavy (non-hydrogen) atoms. The molecule has 1 fully saturated rings. The molecule has 1 amide bonds. The van der Waals surface area contributed by atoms with Crippen LogP contribution in [0.5, 0.6) is 0 Å². The highest BCUT2D eigenvalue weighted by atomic mass is 79.9. The number of alkyl halides is 1. The van der Waals surface area contributed by atoms with Crippen LogP contribution in [0, 0.1) is 5.41 Å². The zero-order valence-electron chi connectivity index (χ0n) is 10.2. The van der Waals surface area contributed by atoms with Crippen molar-refractivity contribution in [1.82, 2.24) is 5.32 Å². The first kappa shape index (κ1) is 14.1. The quantitative estimate of drug-likeness (QED) is 0.800. The summed E-state index contributed by atoms with van der Waals surface area (Å²) in [5.41, 5.74) is 0.792. The van der Waals surface area contributed by atoms with E-state index in [0.29, 0.717) is 10.2 Å². The minimum absolute atomic E-state index is 0.0680. The van der Waals surface area contributed by atoms with Crippen LogP contribution in [-0.4, -0.2) is 17.8 Å². The van der Waals surface area contributed by atoms with E-state index in [9.17, 15) is 4.79 Å². The molecular weight excluding hydrogens is 362 g/mol. The van der Waals surface area contributed by atoms with Crippen LogP contribution in [-0.2, 0) is 0 Å². The lowest BCUT2D eigenvalue weighted by molar-refractivity contribution is 0.0920. The molecule has 1 aliphatic carbocycles. The molecule has 0 spiro atoms.